The zero-order chi connectivity index (χ0) is 19.4. The smallest absolute Gasteiger partial charge is 0.244 e. The lowest BCUT2D eigenvalue weighted by Gasteiger charge is -2.19. The number of carbonyl (C=O) groups excluding carboxylic acids is 1. The number of carbonyl (C=O) groups is 1. The summed E-state index contributed by atoms with van der Waals surface area (Å²) in [5.41, 5.74) is 1.35. The number of rotatable bonds is 5. The maximum atomic E-state index is 13.8. The molecule has 2 aromatic rings. The minimum atomic E-state index is -0.474. The first-order valence-electron chi connectivity index (χ1n) is 8.39. The summed E-state index contributed by atoms with van der Waals surface area (Å²) < 4.78 is 29.7. The Balaban J connectivity index is 1.66. The highest BCUT2D eigenvalue weighted by molar-refractivity contribution is 6.32. The van der Waals surface area contributed by atoms with E-state index in [1.54, 1.807) is 31.2 Å². The van der Waals surface area contributed by atoms with E-state index in [1.807, 2.05) is 0 Å². The first-order chi connectivity index (χ1) is 13.0. The molecule has 0 aromatic heterocycles. The molecule has 7 heteroatoms. The Morgan fingerprint density at radius 1 is 1.30 bits per heavy atom. The summed E-state index contributed by atoms with van der Waals surface area (Å²) in [4.78, 5) is 12.2. The monoisotopic (exact) mass is 391 g/mol. The number of benzene rings is 2. The van der Waals surface area contributed by atoms with Crippen molar-refractivity contribution in [3.63, 3.8) is 0 Å². The van der Waals surface area contributed by atoms with E-state index in [0.717, 1.165) is 0 Å². The molecule has 1 N–H and O–H groups in total. The molecule has 1 heterocycles. The zero-order valence-electron chi connectivity index (χ0n) is 14.9. The van der Waals surface area contributed by atoms with Gasteiger partial charge in [0.15, 0.2) is 23.1 Å². The lowest BCUT2D eigenvalue weighted by atomic mass is 10.1. The lowest BCUT2D eigenvalue weighted by Crippen LogP contribution is -2.24. The number of nitrogens with one attached hydrogen (secondary N) is 1. The number of fused-ring (bicyclic) bond motifs is 1. The predicted molar refractivity (Wildman–Crippen MR) is 101 cm³/mol. The van der Waals surface area contributed by atoms with Crippen molar-refractivity contribution in [3.05, 3.63) is 58.4 Å². The van der Waals surface area contributed by atoms with E-state index in [4.69, 9.17) is 25.8 Å². The second-order valence-electron chi connectivity index (χ2n) is 5.98. The fourth-order valence-electron chi connectivity index (χ4n) is 2.70. The Kier molecular flexibility index (Phi) is 5.86. The molecule has 1 amide bonds. The minimum absolute atomic E-state index is 0.160. The summed E-state index contributed by atoms with van der Waals surface area (Å²) in [7, 11) is 1.40. The second-order valence-corrected chi connectivity index (χ2v) is 6.39. The van der Waals surface area contributed by atoms with Crippen molar-refractivity contribution in [3.8, 4) is 17.2 Å². The Morgan fingerprint density at radius 3 is 2.81 bits per heavy atom. The molecule has 1 atom stereocenters. The maximum absolute atomic E-state index is 13.8. The number of halogens is 2. The highest BCUT2D eigenvalue weighted by Gasteiger charge is 2.16. The van der Waals surface area contributed by atoms with Crippen molar-refractivity contribution >= 4 is 23.6 Å². The van der Waals surface area contributed by atoms with Crippen molar-refractivity contribution in [1.82, 2.24) is 5.32 Å². The summed E-state index contributed by atoms with van der Waals surface area (Å²) in [5, 5.41) is 3.21. The molecule has 3 rings (SSSR count). The molecule has 0 bridgehead atoms. The van der Waals surface area contributed by atoms with E-state index in [0.29, 0.717) is 40.9 Å². The van der Waals surface area contributed by atoms with Crippen LogP contribution in [0.5, 0.6) is 17.2 Å². The van der Waals surface area contributed by atoms with E-state index in [2.05, 4.69) is 5.32 Å². The Bertz CT molecular complexity index is 885. The van der Waals surface area contributed by atoms with Gasteiger partial charge in [-0.15, -0.1) is 0 Å². The third-order valence-corrected chi connectivity index (χ3v) is 4.36. The van der Waals surface area contributed by atoms with Crippen molar-refractivity contribution in [2.24, 2.45) is 0 Å². The van der Waals surface area contributed by atoms with Gasteiger partial charge in [-0.3, -0.25) is 4.79 Å². The fourth-order valence-corrected chi connectivity index (χ4v) is 2.97. The fraction of sp³-hybridized carbons (Fsp3) is 0.250. The second kappa shape index (κ2) is 8.31. The van der Waals surface area contributed by atoms with Crippen LogP contribution in [0.25, 0.3) is 6.08 Å². The molecule has 0 fully saturated rings. The van der Waals surface area contributed by atoms with Crippen molar-refractivity contribution in [1.29, 1.82) is 0 Å². The van der Waals surface area contributed by atoms with Crippen LogP contribution in [0.4, 0.5) is 4.39 Å². The Labute approximate surface area is 161 Å². The average Bonchev–Trinajstić information content (AvgIpc) is 2.66. The van der Waals surface area contributed by atoms with Gasteiger partial charge in [0.2, 0.25) is 5.91 Å². The first-order valence-corrected chi connectivity index (χ1v) is 8.77. The summed E-state index contributed by atoms with van der Waals surface area (Å²) in [6, 6.07) is 7.66. The van der Waals surface area contributed by atoms with Gasteiger partial charge in [0, 0.05) is 6.08 Å². The highest BCUT2D eigenvalue weighted by Crippen LogP contribution is 2.38. The van der Waals surface area contributed by atoms with E-state index in [9.17, 15) is 9.18 Å². The predicted octanol–water partition coefficient (Wildman–Crippen LogP) is 4.15. The summed E-state index contributed by atoms with van der Waals surface area (Å²) in [6.45, 7) is 2.68. The first kappa shape index (κ1) is 19.0. The van der Waals surface area contributed by atoms with Gasteiger partial charge in [-0.2, -0.15) is 0 Å². The van der Waals surface area contributed by atoms with Gasteiger partial charge in [0.05, 0.1) is 18.2 Å². The van der Waals surface area contributed by atoms with Gasteiger partial charge >= 0.3 is 0 Å². The minimum Gasteiger partial charge on any atom is -0.494 e. The van der Waals surface area contributed by atoms with E-state index in [1.165, 1.54) is 25.3 Å². The van der Waals surface area contributed by atoms with Crippen LogP contribution < -0.4 is 19.5 Å². The summed E-state index contributed by atoms with van der Waals surface area (Å²) in [6.07, 6.45) is 3.01. The van der Waals surface area contributed by atoms with E-state index < -0.39 is 5.82 Å². The number of methoxy groups -OCH3 is 1. The van der Waals surface area contributed by atoms with Gasteiger partial charge < -0.3 is 19.5 Å². The van der Waals surface area contributed by atoms with Crippen LogP contribution in [0.3, 0.4) is 0 Å². The zero-order valence-corrected chi connectivity index (χ0v) is 15.7. The van der Waals surface area contributed by atoms with Gasteiger partial charge in [-0.1, -0.05) is 17.7 Å². The van der Waals surface area contributed by atoms with Crippen LogP contribution in [0.1, 0.15) is 24.1 Å². The molecule has 27 heavy (non-hydrogen) atoms. The maximum Gasteiger partial charge on any atom is 0.244 e. The average molecular weight is 392 g/mol. The van der Waals surface area contributed by atoms with Crippen LogP contribution in [0, 0.1) is 5.82 Å². The molecule has 142 valence electrons. The molecular weight excluding hydrogens is 373 g/mol. The SMILES string of the molecule is COc1ccc([C@H](C)NC(=O)/C=C/c2cc(Cl)c3c(c2)OCCO3)cc1F. The topological polar surface area (TPSA) is 56.8 Å². The van der Waals surface area contributed by atoms with Gasteiger partial charge in [-0.05, 0) is 48.4 Å². The molecule has 2 aromatic carbocycles. The van der Waals surface area contributed by atoms with E-state index in [-0.39, 0.29) is 17.7 Å². The molecule has 1 aliphatic heterocycles. The van der Waals surface area contributed by atoms with Crippen molar-refractivity contribution in [2.45, 2.75) is 13.0 Å². The van der Waals surface area contributed by atoms with Crippen LogP contribution in [0.2, 0.25) is 5.02 Å². The van der Waals surface area contributed by atoms with E-state index >= 15 is 0 Å². The van der Waals surface area contributed by atoms with Gasteiger partial charge in [0.1, 0.15) is 13.2 Å². The largest absolute Gasteiger partial charge is 0.494 e. The van der Waals surface area contributed by atoms with Crippen LogP contribution in [-0.2, 0) is 4.79 Å². The Hall–Kier alpha value is -2.73. The third kappa shape index (κ3) is 4.52. The molecule has 0 aliphatic carbocycles. The molecule has 0 spiro atoms. The molecular formula is C20H19ClFNO4. The number of ether oxygens (including phenoxy) is 3. The van der Waals surface area contributed by atoms with Crippen molar-refractivity contribution in [2.75, 3.05) is 20.3 Å². The highest BCUT2D eigenvalue weighted by atomic mass is 35.5. The normalized spacial score (nSPS) is 14.1. The number of hydrogen-bond acceptors (Lipinski definition) is 4. The molecule has 0 radical (unpaired) electrons. The molecule has 1 aliphatic rings. The van der Waals surface area contributed by atoms with Crippen molar-refractivity contribution < 1.29 is 23.4 Å². The summed E-state index contributed by atoms with van der Waals surface area (Å²) >= 11 is 6.18. The van der Waals surface area contributed by atoms with Crippen LogP contribution >= 0.6 is 11.6 Å². The summed E-state index contributed by atoms with van der Waals surface area (Å²) in [5.74, 6) is 0.436. The van der Waals surface area contributed by atoms with Crippen LogP contribution in [0.15, 0.2) is 36.4 Å². The molecule has 5 nitrogen and oxygen atoms in total. The quantitative estimate of drug-likeness (QED) is 0.778. The third-order valence-electron chi connectivity index (χ3n) is 4.08. The number of hydrogen-bond donors (Lipinski definition) is 1. The standard InChI is InChI=1S/C20H19ClFNO4/c1-12(14-4-5-17(25-2)16(22)11-14)23-19(24)6-3-13-9-15(21)20-18(10-13)26-7-8-27-20/h3-6,9-12H,7-8H2,1-2H3,(H,23,24)/b6-3+/t12-/m0/s1. The molecule has 0 unspecified atom stereocenters. The van der Waals surface area contributed by atoms with Gasteiger partial charge in [0.25, 0.3) is 0 Å². The Morgan fingerprint density at radius 2 is 2.07 bits per heavy atom. The molecule has 0 saturated heterocycles. The van der Waals surface area contributed by atoms with Gasteiger partial charge in [-0.25, -0.2) is 4.39 Å². The lowest BCUT2D eigenvalue weighted by molar-refractivity contribution is -0.117. The van der Waals surface area contributed by atoms with Crippen LogP contribution in [-0.4, -0.2) is 26.2 Å². The molecule has 0 saturated carbocycles. The number of amides is 1.